The lowest BCUT2D eigenvalue weighted by molar-refractivity contribution is 0.0322. The minimum absolute atomic E-state index is 0.0138. The first-order chi connectivity index (χ1) is 19.3. The zero-order valence-electron chi connectivity index (χ0n) is 21.7. The maximum Gasteiger partial charge on any atom is 0.236 e. The van der Waals surface area contributed by atoms with Gasteiger partial charge >= 0.3 is 0 Å². The van der Waals surface area contributed by atoms with Crippen molar-refractivity contribution in [3.8, 4) is 23.3 Å². The number of nitriles is 1. The molecule has 3 heterocycles. The molecule has 5 rings (SSSR count). The van der Waals surface area contributed by atoms with Crippen molar-refractivity contribution < 1.29 is 22.6 Å². The highest BCUT2D eigenvalue weighted by atomic mass is 35.5. The van der Waals surface area contributed by atoms with Crippen LogP contribution in [0.2, 0.25) is 5.02 Å². The van der Waals surface area contributed by atoms with Gasteiger partial charge in [-0.2, -0.15) is 5.26 Å². The second-order valence-electron chi connectivity index (χ2n) is 9.16. The molecule has 13 heteroatoms. The highest BCUT2D eigenvalue weighted by Gasteiger charge is 2.16. The van der Waals surface area contributed by atoms with Crippen LogP contribution in [0.1, 0.15) is 11.3 Å². The molecule has 1 aliphatic rings. The van der Waals surface area contributed by atoms with Crippen molar-refractivity contribution in [3.63, 3.8) is 0 Å². The molecule has 2 aromatic heterocycles. The number of ether oxygens (including phenoxy) is 3. The zero-order valence-corrected chi connectivity index (χ0v) is 23.3. The van der Waals surface area contributed by atoms with Gasteiger partial charge in [0.2, 0.25) is 16.0 Å². The molecule has 0 bridgehead atoms. The largest absolute Gasteiger partial charge is 0.489 e. The van der Waals surface area contributed by atoms with E-state index in [1.54, 1.807) is 18.2 Å². The summed E-state index contributed by atoms with van der Waals surface area (Å²) in [5, 5.41) is 11.1. The van der Waals surface area contributed by atoms with Crippen molar-refractivity contribution in [3.05, 3.63) is 71.1 Å². The summed E-state index contributed by atoms with van der Waals surface area (Å²) in [6, 6.07) is 15.0. The number of aromatic nitrogens is 3. The highest BCUT2D eigenvalue weighted by Crippen LogP contribution is 2.33. The molecule has 1 saturated heterocycles. The van der Waals surface area contributed by atoms with Crippen LogP contribution in [-0.2, 0) is 21.4 Å². The van der Waals surface area contributed by atoms with E-state index >= 15 is 0 Å². The van der Waals surface area contributed by atoms with E-state index in [1.807, 2.05) is 35.0 Å². The maximum absolute atomic E-state index is 11.4. The molecule has 0 radical (unpaired) electrons. The van der Waals surface area contributed by atoms with E-state index in [4.69, 9.17) is 25.8 Å². The van der Waals surface area contributed by atoms with Crippen LogP contribution in [0.4, 0.5) is 5.95 Å². The average Bonchev–Trinajstić information content (AvgIpc) is 3.36. The summed E-state index contributed by atoms with van der Waals surface area (Å²) in [5.74, 6) is 0.981. The summed E-state index contributed by atoms with van der Waals surface area (Å²) in [4.78, 5) is 10.3. The van der Waals surface area contributed by atoms with Gasteiger partial charge in [-0.1, -0.05) is 11.6 Å². The number of hydrogen-bond donors (Lipinski definition) is 1. The first kappa shape index (κ1) is 27.7. The van der Waals surface area contributed by atoms with E-state index in [-0.39, 0.29) is 12.6 Å². The molecule has 0 spiro atoms. The van der Waals surface area contributed by atoms with Crippen molar-refractivity contribution in [1.82, 2.24) is 19.4 Å². The van der Waals surface area contributed by atoms with Gasteiger partial charge < -0.3 is 18.8 Å². The minimum Gasteiger partial charge on any atom is -0.489 e. The Bertz CT molecular complexity index is 1660. The van der Waals surface area contributed by atoms with Crippen molar-refractivity contribution in [2.45, 2.75) is 6.61 Å². The predicted molar refractivity (Wildman–Crippen MR) is 151 cm³/mol. The molecular weight excluding hydrogens is 556 g/mol. The molecule has 1 fully saturated rings. The standard InChI is InChI=1S/C27H27ClN6O5S/c1-40(35,36)32-27-30-6-4-21(31-27)18-39-23-2-3-25-19(15-23)5-7-34(25)22-14-20(17-29)26(24(28)16-22)38-13-10-33-8-11-37-12-9-33/h2-7,14-16H,8-13,18H2,1H3,(H,30,31,32). The lowest BCUT2D eigenvalue weighted by Gasteiger charge is -2.26. The summed E-state index contributed by atoms with van der Waals surface area (Å²) in [5.41, 5.74) is 2.51. The zero-order chi connectivity index (χ0) is 28.1. The van der Waals surface area contributed by atoms with Crippen molar-refractivity contribution in [2.75, 3.05) is 50.4 Å². The summed E-state index contributed by atoms with van der Waals surface area (Å²) < 4.78 is 44.2. The third-order valence-electron chi connectivity index (χ3n) is 6.22. The number of sulfonamides is 1. The number of benzene rings is 2. The molecule has 4 aromatic rings. The van der Waals surface area contributed by atoms with Gasteiger partial charge in [-0.15, -0.1) is 0 Å². The lowest BCUT2D eigenvalue weighted by atomic mass is 10.2. The number of morpholine rings is 1. The molecule has 40 heavy (non-hydrogen) atoms. The lowest BCUT2D eigenvalue weighted by Crippen LogP contribution is -2.38. The van der Waals surface area contributed by atoms with E-state index in [0.717, 1.165) is 42.5 Å². The Kier molecular flexibility index (Phi) is 8.37. The van der Waals surface area contributed by atoms with E-state index in [2.05, 4.69) is 25.7 Å². The predicted octanol–water partition coefficient (Wildman–Crippen LogP) is 3.61. The molecule has 0 unspecified atom stereocenters. The Labute approximate surface area is 236 Å². The van der Waals surface area contributed by atoms with Crippen molar-refractivity contribution in [1.29, 1.82) is 5.26 Å². The molecule has 0 amide bonds. The van der Waals surface area contributed by atoms with E-state index in [0.29, 0.717) is 47.6 Å². The first-order valence-electron chi connectivity index (χ1n) is 12.5. The normalized spacial score (nSPS) is 14.1. The molecule has 1 N–H and O–H groups in total. The first-order valence-corrected chi connectivity index (χ1v) is 14.8. The number of rotatable bonds is 10. The Morgan fingerprint density at radius 2 is 1.98 bits per heavy atom. The van der Waals surface area contributed by atoms with Crippen LogP contribution in [0.5, 0.6) is 11.5 Å². The Hall–Kier alpha value is -3.89. The number of anilines is 1. The molecule has 0 aliphatic carbocycles. The second kappa shape index (κ2) is 12.1. The van der Waals surface area contributed by atoms with Crippen LogP contribution in [0.25, 0.3) is 16.6 Å². The van der Waals surface area contributed by atoms with Gasteiger partial charge in [0.25, 0.3) is 0 Å². The van der Waals surface area contributed by atoms with Crippen molar-refractivity contribution >= 4 is 38.5 Å². The van der Waals surface area contributed by atoms with Crippen LogP contribution in [-0.4, -0.2) is 73.6 Å². The monoisotopic (exact) mass is 582 g/mol. The van der Waals surface area contributed by atoms with Crippen molar-refractivity contribution in [2.24, 2.45) is 0 Å². The summed E-state index contributed by atoms with van der Waals surface area (Å²) >= 11 is 6.58. The Morgan fingerprint density at radius 1 is 1.15 bits per heavy atom. The number of hydrogen-bond acceptors (Lipinski definition) is 9. The Morgan fingerprint density at radius 3 is 2.75 bits per heavy atom. The minimum atomic E-state index is -3.48. The van der Waals surface area contributed by atoms with Gasteiger partial charge in [0.05, 0.1) is 41.3 Å². The Balaban J connectivity index is 1.29. The second-order valence-corrected chi connectivity index (χ2v) is 11.3. The van der Waals surface area contributed by atoms with Gasteiger partial charge in [0.1, 0.15) is 25.0 Å². The molecule has 0 saturated carbocycles. The van der Waals surface area contributed by atoms with Gasteiger partial charge in [-0.25, -0.2) is 18.4 Å². The number of halogens is 1. The number of nitrogens with one attached hydrogen (secondary N) is 1. The fourth-order valence-electron chi connectivity index (χ4n) is 4.33. The SMILES string of the molecule is CS(=O)(=O)Nc1nccc(COc2ccc3c(ccn3-c3cc(Cl)c(OCCN4CCOCC4)c(C#N)c3)c2)n1. The molecular formula is C27H27ClN6O5S. The maximum atomic E-state index is 11.4. The fourth-order valence-corrected chi connectivity index (χ4v) is 5.03. The van der Waals surface area contributed by atoms with Crippen LogP contribution in [0, 0.1) is 11.3 Å². The molecule has 208 valence electrons. The molecule has 11 nitrogen and oxygen atoms in total. The van der Waals surface area contributed by atoms with E-state index in [9.17, 15) is 13.7 Å². The summed E-state index contributed by atoms with van der Waals surface area (Å²) in [6.45, 7) is 4.43. The quantitative estimate of drug-likeness (QED) is 0.298. The van der Waals surface area contributed by atoms with E-state index < -0.39 is 10.0 Å². The topological polar surface area (TPSA) is 132 Å². The van der Waals surface area contributed by atoms with Crippen LogP contribution in [0.15, 0.2) is 54.9 Å². The van der Waals surface area contributed by atoms with Gasteiger partial charge in [0, 0.05) is 43.1 Å². The van der Waals surface area contributed by atoms with Gasteiger partial charge in [-0.05, 0) is 42.5 Å². The number of fused-ring (bicyclic) bond motifs is 1. The third kappa shape index (κ3) is 6.81. The highest BCUT2D eigenvalue weighted by molar-refractivity contribution is 7.91. The third-order valence-corrected chi connectivity index (χ3v) is 7.06. The fraction of sp³-hybridized carbons (Fsp3) is 0.296. The number of nitrogens with zero attached hydrogens (tertiary/aromatic N) is 5. The molecule has 0 atom stereocenters. The van der Waals surface area contributed by atoms with Crippen LogP contribution < -0.4 is 14.2 Å². The molecule has 2 aromatic carbocycles. The summed E-state index contributed by atoms with van der Waals surface area (Å²) in [6.07, 6.45) is 4.39. The van der Waals surface area contributed by atoms with Crippen LogP contribution >= 0.6 is 11.6 Å². The van der Waals surface area contributed by atoms with Gasteiger partial charge in [0.15, 0.2) is 5.75 Å². The summed E-state index contributed by atoms with van der Waals surface area (Å²) in [7, 11) is -3.48. The van der Waals surface area contributed by atoms with Crippen LogP contribution in [0.3, 0.4) is 0 Å². The average molecular weight is 583 g/mol. The molecule has 1 aliphatic heterocycles. The van der Waals surface area contributed by atoms with E-state index in [1.165, 1.54) is 6.20 Å². The smallest absolute Gasteiger partial charge is 0.236 e. The van der Waals surface area contributed by atoms with Gasteiger partial charge in [-0.3, -0.25) is 9.62 Å².